The summed E-state index contributed by atoms with van der Waals surface area (Å²) in [5, 5.41) is 1.49. The third-order valence-electron chi connectivity index (χ3n) is 3.12. The normalized spacial score (nSPS) is 11.3. The zero-order valence-electron chi connectivity index (χ0n) is 12.1. The minimum atomic E-state index is -1.39. The van der Waals surface area contributed by atoms with Gasteiger partial charge < -0.3 is 0 Å². The fraction of sp³-hybridized carbons (Fsp3) is 0.412. The van der Waals surface area contributed by atoms with Crippen molar-refractivity contribution in [3.63, 3.8) is 0 Å². The van der Waals surface area contributed by atoms with Crippen molar-refractivity contribution in [1.82, 2.24) is 0 Å². The Balaban J connectivity index is 3.05. The van der Waals surface area contributed by atoms with Crippen LogP contribution in [0.1, 0.15) is 32.3 Å². The van der Waals surface area contributed by atoms with Crippen LogP contribution in [-0.4, -0.2) is 8.07 Å². The molecule has 18 heavy (non-hydrogen) atoms. The van der Waals surface area contributed by atoms with Crippen LogP contribution in [0.5, 0.6) is 0 Å². The summed E-state index contributed by atoms with van der Waals surface area (Å²) in [7, 11) is -1.39. The Morgan fingerprint density at radius 2 is 1.94 bits per heavy atom. The van der Waals surface area contributed by atoms with Gasteiger partial charge in [-0.3, -0.25) is 0 Å². The lowest BCUT2D eigenvalue weighted by Gasteiger charge is -2.22. The second-order valence-corrected chi connectivity index (χ2v) is 9.97. The van der Waals surface area contributed by atoms with Crippen molar-refractivity contribution < 1.29 is 0 Å². The second kappa shape index (κ2) is 7.23. The zero-order chi connectivity index (χ0) is 13.4. The first-order valence-corrected chi connectivity index (χ1v) is 10.0. The molecular formula is C17H24Si. The smallest absolute Gasteiger partial charge is 0.0859 e. The van der Waals surface area contributed by atoms with Gasteiger partial charge in [-0.1, -0.05) is 62.2 Å². The highest BCUT2D eigenvalue weighted by molar-refractivity contribution is 6.90. The molecule has 0 aliphatic heterocycles. The molecule has 1 heteroatoms. The summed E-state index contributed by atoms with van der Waals surface area (Å²) in [6.45, 7) is 9.11. The van der Waals surface area contributed by atoms with E-state index in [2.05, 4.69) is 75.2 Å². The molecule has 0 heterocycles. The predicted octanol–water partition coefficient (Wildman–Crippen LogP) is 4.33. The molecule has 0 radical (unpaired) electrons. The largest absolute Gasteiger partial charge is 0.0979 e. The minimum Gasteiger partial charge on any atom is -0.0979 e. The Morgan fingerprint density at radius 1 is 1.22 bits per heavy atom. The molecule has 1 aromatic rings. The maximum Gasteiger partial charge on any atom is 0.0859 e. The van der Waals surface area contributed by atoms with E-state index in [9.17, 15) is 0 Å². The van der Waals surface area contributed by atoms with Gasteiger partial charge in [-0.2, -0.15) is 0 Å². The van der Waals surface area contributed by atoms with Crippen LogP contribution >= 0.6 is 0 Å². The fourth-order valence-electron chi connectivity index (χ4n) is 1.99. The zero-order valence-corrected chi connectivity index (χ0v) is 13.1. The van der Waals surface area contributed by atoms with Crippen LogP contribution in [0.15, 0.2) is 36.4 Å². The average Bonchev–Trinajstić information content (AvgIpc) is 2.37. The second-order valence-electron chi connectivity index (χ2n) is 5.25. The van der Waals surface area contributed by atoms with Gasteiger partial charge in [0.25, 0.3) is 0 Å². The first kappa shape index (κ1) is 14.8. The van der Waals surface area contributed by atoms with Gasteiger partial charge in [0.2, 0.25) is 0 Å². The lowest BCUT2D eigenvalue weighted by Crippen LogP contribution is -2.42. The van der Waals surface area contributed by atoms with Gasteiger partial charge in [-0.05, 0) is 30.6 Å². The summed E-state index contributed by atoms with van der Waals surface area (Å²) in [6.07, 6.45) is 6.57. The van der Waals surface area contributed by atoms with E-state index in [4.69, 9.17) is 0 Å². The molecule has 96 valence electrons. The third kappa shape index (κ3) is 4.20. The Hall–Kier alpha value is -1.26. The van der Waals surface area contributed by atoms with Crippen LogP contribution < -0.4 is 5.19 Å². The van der Waals surface area contributed by atoms with Crippen LogP contribution in [0.25, 0.3) is 0 Å². The molecule has 0 aliphatic carbocycles. The first-order chi connectivity index (χ1) is 8.61. The van der Waals surface area contributed by atoms with Gasteiger partial charge in [-0.25, -0.2) is 0 Å². The number of allylic oxidation sites excluding steroid dienone is 2. The van der Waals surface area contributed by atoms with Crippen molar-refractivity contribution in [2.75, 3.05) is 0 Å². The van der Waals surface area contributed by atoms with Crippen LogP contribution in [0.3, 0.4) is 0 Å². The Kier molecular flexibility index (Phi) is 5.95. The summed E-state index contributed by atoms with van der Waals surface area (Å²) in [5.74, 6) is 6.63. The SMILES string of the molecule is C/C=C\C[Si](C)(C)c1ccccc1C#CCCC. The molecule has 0 amide bonds. The number of benzene rings is 1. The van der Waals surface area contributed by atoms with Crippen molar-refractivity contribution in [3.05, 3.63) is 42.0 Å². The lowest BCUT2D eigenvalue weighted by molar-refractivity contribution is 0.983. The van der Waals surface area contributed by atoms with Crippen molar-refractivity contribution in [3.8, 4) is 11.8 Å². The van der Waals surface area contributed by atoms with Gasteiger partial charge >= 0.3 is 0 Å². The maximum atomic E-state index is 3.36. The highest BCUT2D eigenvalue weighted by Crippen LogP contribution is 2.13. The van der Waals surface area contributed by atoms with E-state index in [-0.39, 0.29) is 0 Å². The number of hydrogen-bond donors (Lipinski definition) is 0. The molecule has 0 N–H and O–H groups in total. The van der Waals surface area contributed by atoms with E-state index in [0.717, 1.165) is 12.8 Å². The van der Waals surface area contributed by atoms with Crippen LogP contribution in [0.4, 0.5) is 0 Å². The van der Waals surface area contributed by atoms with E-state index in [1.165, 1.54) is 16.8 Å². The molecule has 0 aromatic heterocycles. The Morgan fingerprint density at radius 3 is 2.61 bits per heavy atom. The topological polar surface area (TPSA) is 0 Å². The molecular weight excluding hydrogens is 232 g/mol. The molecule has 0 atom stereocenters. The molecule has 0 fully saturated rings. The highest BCUT2D eigenvalue weighted by Gasteiger charge is 2.23. The van der Waals surface area contributed by atoms with Crippen LogP contribution in [0.2, 0.25) is 19.1 Å². The van der Waals surface area contributed by atoms with E-state index < -0.39 is 8.07 Å². The first-order valence-electron chi connectivity index (χ1n) is 6.81. The average molecular weight is 256 g/mol. The van der Waals surface area contributed by atoms with Crippen molar-refractivity contribution in [2.45, 2.75) is 45.8 Å². The van der Waals surface area contributed by atoms with Crippen LogP contribution in [-0.2, 0) is 0 Å². The minimum absolute atomic E-state index is 0.991. The van der Waals surface area contributed by atoms with Gasteiger partial charge in [0.15, 0.2) is 0 Å². The fourth-order valence-corrected chi connectivity index (χ4v) is 4.45. The molecule has 0 unspecified atom stereocenters. The van der Waals surface area contributed by atoms with Crippen LogP contribution in [0, 0.1) is 11.8 Å². The van der Waals surface area contributed by atoms with Gasteiger partial charge in [0, 0.05) is 12.0 Å². The Bertz CT molecular complexity index is 458. The van der Waals surface area contributed by atoms with E-state index in [1.54, 1.807) is 0 Å². The molecule has 0 bridgehead atoms. The summed E-state index contributed by atoms with van der Waals surface area (Å²) < 4.78 is 0. The van der Waals surface area contributed by atoms with E-state index in [1.807, 2.05) is 0 Å². The monoisotopic (exact) mass is 256 g/mol. The standard InChI is InChI=1S/C17H24Si/c1-5-7-9-12-16-13-10-11-14-17(16)18(3,4)15-8-6-2/h6,8,10-11,13-14H,5,7,15H2,1-4H3/b8-6-. The lowest BCUT2D eigenvalue weighted by atomic mass is 10.2. The summed E-state index contributed by atoms with van der Waals surface area (Å²) in [6, 6.07) is 9.87. The van der Waals surface area contributed by atoms with Crippen molar-refractivity contribution in [2.24, 2.45) is 0 Å². The molecule has 1 aromatic carbocycles. The molecule has 0 saturated heterocycles. The molecule has 0 nitrogen and oxygen atoms in total. The molecule has 0 spiro atoms. The molecule has 1 rings (SSSR count). The Labute approximate surface area is 113 Å². The number of unbranched alkanes of at least 4 members (excludes halogenated alkanes) is 1. The quantitative estimate of drug-likeness (QED) is 0.427. The number of rotatable bonds is 4. The van der Waals surface area contributed by atoms with Gasteiger partial charge in [-0.15, -0.1) is 0 Å². The van der Waals surface area contributed by atoms with E-state index in [0.29, 0.717) is 0 Å². The van der Waals surface area contributed by atoms with Crippen molar-refractivity contribution >= 4 is 13.3 Å². The highest BCUT2D eigenvalue weighted by atomic mass is 28.3. The predicted molar refractivity (Wildman–Crippen MR) is 85.0 cm³/mol. The third-order valence-corrected chi connectivity index (χ3v) is 6.27. The summed E-state index contributed by atoms with van der Waals surface area (Å²) in [5.41, 5.74) is 1.24. The summed E-state index contributed by atoms with van der Waals surface area (Å²) in [4.78, 5) is 0. The van der Waals surface area contributed by atoms with Gasteiger partial charge in [0.05, 0.1) is 8.07 Å². The van der Waals surface area contributed by atoms with Gasteiger partial charge in [0.1, 0.15) is 0 Å². The summed E-state index contributed by atoms with van der Waals surface area (Å²) >= 11 is 0. The molecule has 0 saturated carbocycles. The number of hydrogen-bond acceptors (Lipinski definition) is 0. The molecule has 0 aliphatic rings. The van der Waals surface area contributed by atoms with Crippen molar-refractivity contribution in [1.29, 1.82) is 0 Å². The maximum absolute atomic E-state index is 3.36. The van der Waals surface area contributed by atoms with E-state index >= 15 is 0 Å².